The predicted octanol–water partition coefficient (Wildman–Crippen LogP) is 4.98. The van der Waals surface area contributed by atoms with Gasteiger partial charge in [-0.1, -0.05) is 54.1 Å². The van der Waals surface area contributed by atoms with Gasteiger partial charge in [-0.05, 0) is 41.0 Å². The zero-order valence-electron chi connectivity index (χ0n) is 11.4. The smallest absolute Gasteiger partial charge is 0.129 e. The fourth-order valence-electron chi connectivity index (χ4n) is 2.07. The molecule has 0 fully saturated rings. The Balaban J connectivity index is 1.68. The third-order valence-corrected chi connectivity index (χ3v) is 3.36. The Bertz CT molecular complexity index is 711. The topological polar surface area (TPSA) is 22.1 Å². The van der Waals surface area contributed by atoms with Crippen LogP contribution >= 0.6 is 11.6 Å². The molecule has 0 aliphatic carbocycles. The molecule has 21 heavy (non-hydrogen) atoms. The van der Waals surface area contributed by atoms with Gasteiger partial charge in [0.1, 0.15) is 17.5 Å². The molecule has 1 aromatic heterocycles. The average Bonchev–Trinajstić information content (AvgIpc) is 2.54. The van der Waals surface area contributed by atoms with Gasteiger partial charge in [0, 0.05) is 6.20 Å². The second kappa shape index (κ2) is 6.42. The first-order chi connectivity index (χ1) is 10.3. The summed E-state index contributed by atoms with van der Waals surface area (Å²) in [6.45, 7) is 0.479. The summed E-state index contributed by atoms with van der Waals surface area (Å²) < 4.78 is 5.75. The maximum Gasteiger partial charge on any atom is 0.129 e. The van der Waals surface area contributed by atoms with Crippen LogP contribution in [-0.2, 0) is 6.61 Å². The average molecular weight is 296 g/mol. The van der Waals surface area contributed by atoms with Crippen LogP contribution in [0.3, 0.4) is 0 Å². The molecule has 1 heterocycles. The number of rotatable bonds is 4. The van der Waals surface area contributed by atoms with Crippen LogP contribution in [0.4, 0.5) is 0 Å². The third-order valence-electron chi connectivity index (χ3n) is 3.16. The highest BCUT2D eigenvalue weighted by Gasteiger charge is 2.00. The first-order valence-electron chi connectivity index (χ1n) is 6.70. The minimum absolute atomic E-state index is 0.479. The van der Waals surface area contributed by atoms with Crippen molar-refractivity contribution in [2.24, 2.45) is 0 Å². The Morgan fingerprint density at radius 3 is 2.29 bits per heavy atom. The van der Waals surface area contributed by atoms with Gasteiger partial charge >= 0.3 is 0 Å². The van der Waals surface area contributed by atoms with Gasteiger partial charge in [0.05, 0.1) is 0 Å². The van der Waals surface area contributed by atoms with E-state index in [0.717, 1.165) is 11.3 Å². The van der Waals surface area contributed by atoms with Crippen LogP contribution < -0.4 is 4.74 Å². The van der Waals surface area contributed by atoms with Gasteiger partial charge in [-0.3, -0.25) is 0 Å². The van der Waals surface area contributed by atoms with Crippen molar-refractivity contribution in [3.63, 3.8) is 0 Å². The molecule has 0 aliphatic rings. The largest absolute Gasteiger partial charge is 0.489 e. The lowest BCUT2D eigenvalue weighted by atomic mass is 10.1. The fourth-order valence-corrected chi connectivity index (χ4v) is 2.27. The van der Waals surface area contributed by atoms with E-state index in [1.807, 2.05) is 36.4 Å². The molecule has 0 aliphatic heterocycles. The number of benzene rings is 2. The monoisotopic (exact) mass is 295 g/mol. The van der Waals surface area contributed by atoms with Gasteiger partial charge in [0.2, 0.25) is 0 Å². The van der Waals surface area contributed by atoms with Crippen molar-refractivity contribution >= 4 is 11.6 Å². The molecule has 0 saturated heterocycles. The van der Waals surface area contributed by atoms with Crippen molar-refractivity contribution in [3.05, 3.63) is 83.6 Å². The van der Waals surface area contributed by atoms with Crippen LogP contribution in [0.15, 0.2) is 72.9 Å². The minimum Gasteiger partial charge on any atom is -0.489 e. The van der Waals surface area contributed by atoms with Crippen molar-refractivity contribution in [2.75, 3.05) is 0 Å². The quantitative estimate of drug-likeness (QED) is 0.633. The summed E-state index contributed by atoms with van der Waals surface area (Å²) >= 11 is 5.85. The second-order valence-electron chi connectivity index (χ2n) is 4.67. The van der Waals surface area contributed by atoms with E-state index in [2.05, 4.69) is 29.2 Å². The minimum atomic E-state index is 0.479. The normalized spacial score (nSPS) is 10.3. The van der Waals surface area contributed by atoms with Crippen molar-refractivity contribution < 1.29 is 4.74 Å². The molecular weight excluding hydrogens is 282 g/mol. The first kappa shape index (κ1) is 13.7. The van der Waals surface area contributed by atoms with Crippen molar-refractivity contribution in [1.82, 2.24) is 4.98 Å². The Labute approximate surface area is 129 Å². The molecule has 0 bridgehead atoms. The molecule has 3 rings (SSSR count). The lowest BCUT2D eigenvalue weighted by Gasteiger charge is -2.07. The van der Waals surface area contributed by atoms with E-state index in [-0.39, 0.29) is 0 Å². The van der Waals surface area contributed by atoms with Crippen LogP contribution in [0.25, 0.3) is 11.1 Å². The summed E-state index contributed by atoms with van der Waals surface area (Å²) in [5.41, 5.74) is 3.38. The van der Waals surface area contributed by atoms with E-state index in [9.17, 15) is 0 Å². The summed E-state index contributed by atoms with van der Waals surface area (Å²) in [7, 11) is 0. The van der Waals surface area contributed by atoms with Gasteiger partial charge in [0.25, 0.3) is 0 Å². The molecule has 2 aromatic carbocycles. The second-order valence-corrected chi connectivity index (χ2v) is 5.05. The van der Waals surface area contributed by atoms with Crippen LogP contribution in [0.2, 0.25) is 5.15 Å². The van der Waals surface area contributed by atoms with E-state index in [0.29, 0.717) is 11.8 Å². The van der Waals surface area contributed by atoms with E-state index in [1.54, 1.807) is 12.3 Å². The van der Waals surface area contributed by atoms with Crippen LogP contribution in [0.5, 0.6) is 5.75 Å². The molecule has 3 heteroatoms. The molecule has 0 atom stereocenters. The number of aromatic nitrogens is 1. The summed E-state index contributed by atoms with van der Waals surface area (Å²) in [6.07, 6.45) is 1.68. The zero-order valence-corrected chi connectivity index (χ0v) is 12.1. The molecule has 0 N–H and O–H groups in total. The Kier molecular flexibility index (Phi) is 4.17. The highest BCUT2D eigenvalue weighted by Crippen LogP contribution is 2.22. The summed E-state index contributed by atoms with van der Waals surface area (Å²) in [5, 5.41) is 0.482. The van der Waals surface area contributed by atoms with Gasteiger partial charge in [0.15, 0.2) is 0 Å². The number of ether oxygens (including phenoxy) is 1. The van der Waals surface area contributed by atoms with E-state index >= 15 is 0 Å². The molecule has 0 saturated carbocycles. The van der Waals surface area contributed by atoms with E-state index < -0.39 is 0 Å². The molecule has 104 valence electrons. The van der Waals surface area contributed by atoms with Crippen molar-refractivity contribution in [2.45, 2.75) is 6.61 Å². The highest BCUT2D eigenvalue weighted by molar-refractivity contribution is 6.29. The standard InChI is InChI=1S/C18H14ClNO/c19-18-12-14(10-11-20-18)13-21-17-8-6-16(7-9-17)15-4-2-1-3-5-15/h1-12H,13H2. The van der Waals surface area contributed by atoms with E-state index in [1.165, 1.54) is 11.1 Å². The third kappa shape index (κ3) is 3.61. The molecule has 0 spiro atoms. The van der Waals surface area contributed by atoms with Crippen molar-refractivity contribution in [3.8, 4) is 16.9 Å². The van der Waals surface area contributed by atoms with Crippen LogP contribution in [0, 0.1) is 0 Å². The number of pyridine rings is 1. The molecule has 0 radical (unpaired) electrons. The molecule has 2 nitrogen and oxygen atoms in total. The number of hydrogen-bond acceptors (Lipinski definition) is 2. The Morgan fingerprint density at radius 2 is 1.57 bits per heavy atom. The predicted molar refractivity (Wildman–Crippen MR) is 85.5 cm³/mol. The summed E-state index contributed by atoms with van der Waals surface area (Å²) in [5.74, 6) is 0.836. The number of halogens is 1. The Hall–Kier alpha value is -2.32. The number of nitrogens with zero attached hydrogens (tertiary/aromatic N) is 1. The first-order valence-corrected chi connectivity index (χ1v) is 7.08. The van der Waals surface area contributed by atoms with Crippen molar-refractivity contribution in [1.29, 1.82) is 0 Å². The summed E-state index contributed by atoms with van der Waals surface area (Å²) in [4.78, 5) is 3.95. The molecule has 3 aromatic rings. The fraction of sp³-hybridized carbons (Fsp3) is 0.0556. The Morgan fingerprint density at radius 1 is 0.857 bits per heavy atom. The number of hydrogen-bond donors (Lipinski definition) is 0. The highest BCUT2D eigenvalue weighted by atomic mass is 35.5. The zero-order chi connectivity index (χ0) is 14.5. The van der Waals surface area contributed by atoms with Gasteiger partial charge in [-0.2, -0.15) is 0 Å². The summed E-state index contributed by atoms with van der Waals surface area (Å²) in [6, 6.07) is 22.0. The lowest BCUT2D eigenvalue weighted by Crippen LogP contribution is -1.95. The van der Waals surface area contributed by atoms with Gasteiger partial charge in [-0.15, -0.1) is 0 Å². The maximum absolute atomic E-state index is 5.85. The van der Waals surface area contributed by atoms with Gasteiger partial charge in [-0.25, -0.2) is 4.98 Å². The van der Waals surface area contributed by atoms with Gasteiger partial charge < -0.3 is 4.74 Å². The SMILES string of the molecule is Clc1cc(COc2ccc(-c3ccccc3)cc2)ccn1. The lowest BCUT2D eigenvalue weighted by molar-refractivity contribution is 0.306. The van der Waals surface area contributed by atoms with Crippen LogP contribution in [0.1, 0.15) is 5.56 Å². The molecule has 0 unspecified atom stereocenters. The van der Waals surface area contributed by atoms with Crippen LogP contribution in [-0.4, -0.2) is 4.98 Å². The van der Waals surface area contributed by atoms with E-state index in [4.69, 9.17) is 16.3 Å². The molecule has 0 amide bonds. The molecular formula is C18H14ClNO. The maximum atomic E-state index is 5.85.